The van der Waals surface area contributed by atoms with E-state index in [2.05, 4.69) is 0 Å². The predicted octanol–water partition coefficient (Wildman–Crippen LogP) is 3.00. The molecule has 0 N–H and O–H groups in total. The molecule has 0 aromatic heterocycles. The number of hydrogen-bond donors (Lipinski definition) is 0. The van der Waals surface area contributed by atoms with Crippen LogP contribution in [0, 0.1) is 0 Å². The summed E-state index contributed by atoms with van der Waals surface area (Å²) in [5.74, 6) is -0.253. The molecular formula is C14H22ClNO2. The van der Waals surface area contributed by atoms with E-state index < -0.39 is 5.60 Å². The van der Waals surface area contributed by atoms with Crippen molar-refractivity contribution in [1.29, 1.82) is 0 Å². The number of nitrogens with zero attached hydrogens (tertiary/aromatic N) is 1. The molecule has 0 unspecified atom stereocenters. The van der Waals surface area contributed by atoms with Crippen LogP contribution in [-0.4, -0.2) is 37.1 Å². The van der Waals surface area contributed by atoms with Gasteiger partial charge in [0.15, 0.2) is 0 Å². The first-order chi connectivity index (χ1) is 7.97. The molecule has 18 heavy (non-hydrogen) atoms. The van der Waals surface area contributed by atoms with E-state index in [1.54, 1.807) is 12.1 Å². The Morgan fingerprint density at radius 1 is 1.28 bits per heavy atom. The maximum atomic E-state index is 12.0. The van der Waals surface area contributed by atoms with Gasteiger partial charge in [-0.1, -0.05) is 25.1 Å². The van der Waals surface area contributed by atoms with Crippen LogP contribution in [0.1, 0.15) is 30.6 Å². The van der Waals surface area contributed by atoms with Crippen molar-refractivity contribution in [3.05, 3.63) is 35.9 Å². The summed E-state index contributed by atoms with van der Waals surface area (Å²) in [4.78, 5) is 14.0. The molecule has 0 saturated heterocycles. The highest BCUT2D eigenvalue weighted by Gasteiger charge is 2.27. The van der Waals surface area contributed by atoms with Crippen molar-refractivity contribution in [2.24, 2.45) is 0 Å². The van der Waals surface area contributed by atoms with Crippen LogP contribution in [-0.2, 0) is 4.74 Å². The van der Waals surface area contributed by atoms with E-state index in [4.69, 9.17) is 4.74 Å². The fraction of sp³-hybridized carbons (Fsp3) is 0.500. The van der Waals surface area contributed by atoms with Crippen LogP contribution >= 0.6 is 12.4 Å². The van der Waals surface area contributed by atoms with Gasteiger partial charge >= 0.3 is 5.97 Å². The van der Waals surface area contributed by atoms with Crippen molar-refractivity contribution in [3.63, 3.8) is 0 Å². The van der Waals surface area contributed by atoms with Crippen molar-refractivity contribution >= 4 is 18.4 Å². The van der Waals surface area contributed by atoms with Crippen LogP contribution in [0.3, 0.4) is 0 Å². The summed E-state index contributed by atoms with van der Waals surface area (Å²) in [6.45, 7) is 4.72. The molecule has 0 aliphatic heterocycles. The summed E-state index contributed by atoms with van der Waals surface area (Å²) in [6.07, 6.45) is 0.795. The van der Waals surface area contributed by atoms with Crippen molar-refractivity contribution in [2.75, 3.05) is 20.6 Å². The smallest absolute Gasteiger partial charge is 0.338 e. The number of carbonyl (C=O) groups is 1. The van der Waals surface area contributed by atoms with Gasteiger partial charge in [0.1, 0.15) is 5.60 Å². The lowest BCUT2D eigenvalue weighted by Crippen LogP contribution is -2.41. The third-order valence-corrected chi connectivity index (χ3v) is 2.75. The molecule has 3 nitrogen and oxygen atoms in total. The van der Waals surface area contributed by atoms with Crippen LogP contribution in [0.5, 0.6) is 0 Å². The molecule has 1 aromatic rings. The van der Waals surface area contributed by atoms with Gasteiger partial charge in [0.25, 0.3) is 0 Å². The Bertz CT molecular complexity index is 367. The molecule has 4 heteroatoms. The first-order valence-electron chi connectivity index (χ1n) is 5.90. The lowest BCUT2D eigenvalue weighted by molar-refractivity contribution is -0.0219. The molecule has 0 aliphatic rings. The Morgan fingerprint density at radius 3 is 2.28 bits per heavy atom. The molecule has 0 heterocycles. The fourth-order valence-corrected chi connectivity index (χ4v) is 1.74. The molecule has 0 bridgehead atoms. The van der Waals surface area contributed by atoms with Gasteiger partial charge in [-0.05, 0) is 39.6 Å². The fourth-order valence-electron chi connectivity index (χ4n) is 1.74. The summed E-state index contributed by atoms with van der Waals surface area (Å²) < 4.78 is 5.60. The van der Waals surface area contributed by atoms with E-state index >= 15 is 0 Å². The highest BCUT2D eigenvalue weighted by molar-refractivity contribution is 5.89. The maximum absolute atomic E-state index is 12.0. The number of benzene rings is 1. The number of ether oxygens (including phenoxy) is 1. The second-order valence-electron chi connectivity index (χ2n) is 4.80. The monoisotopic (exact) mass is 271 g/mol. The zero-order chi connectivity index (χ0) is 12.9. The third-order valence-electron chi connectivity index (χ3n) is 2.75. The molecule has 0 saturated carbocycles. The first kappa shape index (κ1) is 16.9. The average Bonchev–Trinajstić information content (AvgIpc) is 2.29. The van der Waals surface area contributed by atoms with Crippen LogP contribution in [0.4, 0.5) is 0 Å². The van der Waals surface area contributed by atoms with Crippen LogP contribution < -0.4 is 0 Å². The third kappa shape index (κ3) is 5.07. The summed E-state index contributed by atoms with van der Waals surface area (Å²) in [5, 5.41) is 0. The van der Waals surface area contributed by atoms with E-state index in [9.17, 15) is 4.79 Å². The number of esters is 1. The minimum Gasteiger partial charge on any atom is -0.454 e. The second-order valence-corrected chi connectivity index (χ2v) is 4.80. The average molecular weight is 272 g/mol. The van der Waals surface area contributed by atoms with Crippen LogP contribution in [0.15, 0.2) is 30.3 Å². The Balaban J connectivity index is 0.00000289. The van der Waals surface area contributed by atoms with Gasteiger partial charge in [-0.3, -0.25) is 0 Å². The molecule has 102 valence electrons. The molecule has 0 amide bonds. The van der Waals surface area contributed by atoms with Gasteiger partial charge in [-0.15, -0.1) is 12.4 Å². The minimum absolute atomic E-state index is 0. The molecule has 0 fully saturated rings. The van der Waals surface area contributed by atoms with E-state index in [1.165, 1.54) is 0 Å². The first-order valence-corrected chi connectivity index (χ1v) is 5.90. The zero-order valence-corrected chi connectivity index (χ0v) is 12.3. The van der Waals surface area contributed by atoms with Gasteiger partial charge < -0.3 is 9.64 Å². The van der Waals surface area contributed by atoms with Gasteiger partial charge in [0.2, 0.25) is 0 Å². The standard InChI is InChI=1S/C14H21NO2.ClH/c1-5-14(2,11-15(3)4)17-13(16)12-9-7-6-8-10-12;/h6-10H,5,11H2,1-4H3;1H/t14-;/m0./s1. The molecule has 0 spiro atoms. The Labute approximate surface area is 116 Å². The molecule has 1 rings (SSSR count). The van der Waals surface area contributed by atoms with E-state index in [0.29, 0.717) is 5.56 Å². The lowest BCUT2D eigenvalue weighted by Gasteiger charge is -2.31. The number of halogens is 1. The molecule has 1 atom stereocenters. The van der Waals surface area contributed by atoms with E-state index in [1.807, 2.05) is 51.0 Å². The van der Waals surface area contributed by atoms with E-state index in [0.717, 1.165) is 13.0 Å². The summed E-state index contributed by atoms with van der Waals surface area (Å²) in [5.41, 5.74) is 0.169. The number of rotatable bonds is 5. The van der Waals surface area contributed by atoms with Gasteiger partial charge in [0.05, 0.1) is 5.56 Å². The second kappa shape index (κ2) is 7.39. The SMILES string of the molecule is CC[C@@](C)(CN(C)C)OC(=O)c1ccccc1.Cl. The molecule has 0 radical (unpaired) electrons. The van der Waals surface area contributed by atoms with Crippen molar-refractivity contribution in [2.45, 2.75) is 25.9 Å². The topological polar surface area (TPSA) is 29.5 Å². The maximum Gasteiger partial charge on any atom is 0.338 e. The van der Waals surface area contributed by atoms with Crippen molar-refractivity contribution in [1.82, 2.24) is 4.90 Å². The van der Waals surface area contributed by atoms with E-state index in [-0.39, 0.29) is 18.4 Å². The van der Waals surface area contributed by atoms with Crippen molar-refractivity contribution < 1.29 is 9.53 Å². The number of carbonyl (C=O) groups excluding carboxylic acids is 1. The molecular weight excluding hydrogens is 250 g/mol. The van der Waals surface area contributed by atoms with Crippen LogP contribution in [0.25, 0.3) is 0 Å². The number of likely N-dealkylation sites (N-methyl/N-ethyl adjacent to an activating group) is 1. The highest BCUT2D eigenvalue weighted by Crippen LogP contribution is 2.18. The Hall–Kier alpha value is -1.06. The quantitative estimate of drug-likeness (QED) is 0.771. The Kier molecular flexibility index (Phi) is 6.96. The normalized spacial score (nSPS) is 13.6. The minimum atomic E-state index is -0.434. The lowest BCUT2D eigenvalue weighted by atomic mass is 10.0. The summed E-state index contributed by atoms with van der Waals surface area (Å²) in [7, 11) is 3.95. The summed E-state index contributed by atoms with van der Waals surface area (Å²) in [6, 6.07) is 9.11. The predicted molar refractivity (Wildman–Crippen MR) is 76.4 cm³/mol. The van der Waals surface area contributed by atoms with Gasteiger partial charge in [-0.25, -0.2) is 4.79 Å². The van der Waals surface area contributed by atoms with Crippen molar-refractivity contribution in [3.8, 4) is 0 Å². The highest BCUT2D eigenvalue weighted by atomic mass is 35.5. The Morgan fingerprint density at radius 2 is 1.83 bits per heavy atom. The molecule has 1 aromatic carbocycles. The van der Waals surface area contributed by atoms with Gasteiger partial charge in [0, 0.05) is 6.54 Å². The molecule has 0 aliphatic carbocycles. The largest absolute Gasteiger partial charge is 0.454 e. The number of hydrogen-bond acceptors (Lipinski definition) is 3. The van der Waals surface area contributed by atoms with Crippen LogP contribution in [0.2, 0.25) is 0 Å². The summed E-state index contributed by atoms with van der Waals surface area (Å²) >= 11 is 0. The van der Waals surface area contributed by atoms with Gasteiger partial charge in [-0.2, -0.15) is 0 Å². The zero-order valence-electron chi connectivity index (χ0n) is 11.5.